The number of nitrogens with two attached hydrogens (primary N) is 1. The van der Waals surface area contributed by atoms with Gasteiger partial charge in [0.15, 0.2) is 0 Å². The van der Waals surface area contributed by atoms with Gasteiger partial charge in [0.2, 0.25) is 5.91 Å². The fourth-order valence-electron chi connectivity index (χ4n) is 2.95. The van der Waals surface area contributed by atoms with Gasteiger partial charge in [0, 0.05) is 22.4 Å². The zero-order valence-corrected chi connectivity index (χ0v) is 16.5. The van der Waals surface area contributed by atoms with E-state index in [2.05, 4.69) is 10.3 Å². The standard InChI is InChI=1S/C18H22N4O2S2/c1-3-18(4-2,10-19)21-14(23)8-22-11-20-16-15(17(22)24)12(9-26-16)13-6-5-7-25-13/h5-7,9,11H,3-4,8,10,19H2,1-2H3,(H,21,23). The van der Waals surface area contributed by atoms with E-state index in [1.165, 1.54) is 22.2 Å². The number of aromatic nitrogens is 2. The highest BCUT2D eigenvalue weighted by atomic mass is 32.1. The molecule has 3 rings (SSSR count). The molecule has 6 nitrogen and oxygen atoms in total. The van der Waals surface area contributed by atoms with Crippen molar-refractivity contribution in [3.05, 3.63) is 39.6 Å². The molecule has 0 unspecified atom stereocenters. The monoisotopic (exact) mass is 390 g/mol. The molecule has 0 saturated carbocycles. The van der Waals surface area contributed by atoms with Crippen LogP contribution < -0.4 is 16.6 Å². The molecule has 0 aliphatic carbocycles. The van der Waals surface area contributed by atoms with Crippen LogP contribution in [-0.2, 0) is 11.3 Å². The van der Waals surface area contributed by atoms with E-state index in [-0.39, 0.29) is 18.0 Å². The zero-order valence-electron chi connectivity index (χ0n) is 14.8. The second-order valence-corrected chi connectivity index (χ2v) is 8.03. The Kier molecular flexibility index (Phi) is 5.55. The van der Waals surface area contributed by atoms with Crippen LogP contribution in [0.3, 0.4) is 0 Å². The fourth-order valence-corrected chi connectivity index (χ4v) is 4.67. The van der Waals surface area contributed by atoms with Gasteiger partial charge in [-0.05, 0) is 24.3 Å². The maximum Gasteiger partial charge on any atom is 0.263 e. The van der Waals surface area contributed by atoms with Crippen LogP contribution in [-0.4, -0.2) is 27.5 Å². The number of carbonyl (C=O) groups excluding carboxylic acids is 1. The Bertz CT molecular complexity index is 947. The first-order valence-electron chi connectivity index (χ1n) is 8.55. The molecule has 0 aromatic carbocycles. The molecule has 3 aromatic rings. The summed E-state index contributed by atoms with van der Waals surface area (Å²) in [6, 6.07) is 3.93. The van der Waals surface area contributed by atoms with Crippen molar-refractivity contribution >= 4 is 38.8 Å². The van der Waals surface area contributed by atoms with Gasteiger partial charge in [-0.15, -0.1) is 22.7 Å². The Morgan fingerprint density at radius 1 is 1.35 bits per heavy atom. The Morgan fingerprint density at radius 3 is 2.73 bits per heavy atom. The molecule has 0 aliphatic rings. The molecular weight excluding hydrogens is 368 g/mol. The maximum atomic E-state index is 12.9. The minimum Gasteiger partial charge on any atom is -0.348 e. The van der Waals surface area contributed by atoms with E-state index in [9.17, 15) is 9.59 Å². The van der Waals surface area contributed by atoms with Gasteiger partial charge in [0.05, 0.1) is 17.3 Å². The van der Waals surface area contributed by atoms with Crippen LogP contribution in [0, 0.1) is 0 Å². The topological polar surface area (TPSA) is 90.0 Å². The molecule has 8 heteroatoms. The van der Waals surface area contributed by atoms with Crippen LogP contribution in [0.25, 0.3) is 20.7 Å². The number of hydrogen-bond donors (Lipinski definition) is 2. The highest BCUT2D eigenvalue weighted by Gasteiger charge is 2.26. The van der Waals surface area contributed by atoms with Crippen molar-refractivity contribution in [1.29, 1.82) is 0 Å². The van der Waals surface area contributed by atoms with E-state index < -0.39 is 5.54 Å². The highest BCUT2D eigenvalue weighted by Crippen LogP contribution is 2.33. The van der Waals surface area contributed by atoms with Crippen LogP contribution in [0.1, 0.15) is 26.7 Å². The third-order valence-electron chi connectivity index (χ3n) is 4.81. The summed E-state index contributed by atoms with van der Waals surface area (Å²) in [5, 5.41) is 7.49. The molecule has 3 N–H and O–H groups in total. The summed E-state index contributed by atoms with van der Waals surface area (Å²) in [5.41, 5.74) is 6.10. The first kappa shape index (κ1) is 18.8. The average molecular weight is 391 g/mol. The van der Waals surface area contributed by atoms with Gasteiger partial charge < -0.3 is 11.1 Å². The number of nitrogens with one attached hydrogen (secondary N) is 1. The number of hydrogen-bond acceptors (Lipinski definition) is 6. The number of fused-ring (bicyclic) bond motifs is 1. The van der Waals surface area contributed by atoms with E-state index in [0.29, 0.717) is 16.8 Å². The normalized spacial score (nSPS) is 11.8. The lowest BCUT2D eigenvalue weighted by molar-refractivity contribution is -0.123. The lowest BCUT2D eigenvalue weighted by atomic mass is 9.93. The van der Waals surface area contributed by atoms with Crippen molar-refractivity contribution in [2.45, 2.75) is 38.8 Å². The number of nitrogens with zero attached hydrogens (tertiary/aromatic N) is 2. The van der Waals surface area contributed by atoms with Crippen molar-refractivity contribution in [1.82, 2.24) is 14.9 Å². The fraction of sp³-hybridized carbons (Fsp3) is 0.389. The molecule has 0 aliphatic heterocycles. The van der Waals surface area contributed by atoms with Crippen LogP contribution in [0.4, 0.5) is 0 Å². The SMILES string of the molecule is CCC(CC)(CN)NC(=O)Cn1cnc2scc(-c3cccs3)c2c1=O. The summed E-state index contributed by atoms with van der Waals surface area (Å²) in [5.74, 6) is -0.227. The third-order valence-corrected chi connectivity index (χ3v) is 6.60. The van der Waals surface area contributed by atoms with E-state index in [4.69, 9.17) is 5.73 Å². The number of thiophene rings is 2. The summed E-state index contributed by atoms with van der Waals surface area (Å²) < 4.78 is 1.37. The first-order chi connectivity index (χ1) is 12.5. The van der Waals surface area contributed by atoms with Gasteiger partial charge in [0.1, 0.15) is 11.4 Å². The molecule has 3 heterocycles. The summed E-state index contributed by atoms with van der Waals surface area (Å²) in [6.45, 7) is 4.29. The van der Waals surface area contributed by atoms with E-state index in [1.807, 2.05) is 36.7 Å². The highest BCUT2D eigenvalue weighted by molar-refractivity contribution is 7.18. The largest absolute Gasteiger partial charge is 0.348 e. The molecule has 0 spiro atoms. The van der Waals surface area contributed by atoms with Crippen LogP contribution in [0.5, 0.6) is 0 Å². The van der Waals surface area contributed by atoms with Gasteiger partial charge in [0.25, 0.3) is 5.56 Å². The molecule has 1 amide bonds. The van der Waals surface area contributed by atoms with Gasteiger partial charge in [-0.2, -0.15) is 0 Å². The Balaban J connectivity index is 1.92. The third kappa shape index (κ3) is 3.44. The minimum atomic E-state index is -0.428. The average Bonchev–Trinajstić information content (AvgIpc) is 3.31. The van der Waals surface area contributed by atoms with E-state index in [0.717, 1.165) is 23.3 Å². The Hall–Kier alpha value is -2.03. The smallest absolute Gasteiger partial charge is 0.263 e. The lowest BCUT2D eigenvalue weighted by Crippen LogP contribution is -2.54. The quantitative estimate of drug-likeness (QED) is 0.649. The van der Waals surface area contributed by atoms with Gasteiger partial charge in [-0.3, -0.25) is 14.2 Å². The van der Waals surface area contributed by atoms with Crippen molar-refractivity contribution in [3.8, 4) is 10.4 Å². The molecule has 138 valence electrons. The second kappa shape index (κ2) is 7.69. The molecule has 0 saturated heterocycles. The summed E-state index contributed by atoms with van der Waals surface area (Å²) in [4.78, 5) is 31.5. The Morgan fingerprint density at radius 2 is 2.12 bits per heavy atom. The number of rotatable bonds is 7. The zero-order chi connectivity index (χ0) is 18.7. The molecule has 0 fully saturated rings. The van der Waals surface area contributed by atoms with Crippen LogP contribution in [0.15, 0.2) is 34.0 Å². The van der Waals surface area contributed by atoms with Crippen molar-refractivity contribution in [2.75, 3.05) is 6.54 Å². The Labute approximate surface area is 159 Å². The van der Waals surface area contributed by atoms with Crippen molar-refractivity contribution in [3.63, 3.8) is 0 Å². The van der Waals surface area contributed by atoms with Gasteiger partial charge in [-0.1, -0.05) is 19.9 Å². The molecule has 26 heavy (non-hydrogen) atoms. The van der Waals surface area contributed by atoms with Crippen molar-refractivity contribution < 1.29 is 4.79 Å². The molecule has 0 radical (unpaired) electrons. The summed E-state index contributed by atoms with van der Waals surface area (Å²) in [6.07, 6.45) is 2.93. The number of amides is 1. The van der Waals surface area contributed by atoms with Crippen LogP contribution >= 0.6 is 22.7 Å². The lowest BCUT2D eigenvalue weighted by Gasteiger charge is -2.31. The first-order valence-corrected chi connectivity index (χ1v) is 10.3. The van der Waals surface area contributed by atoms with Gasteiger partial charge >= 0.3 is 0 Å². The maximum absolute atomic E-state index is 12.9. The van der Waals surface area contributed by atoms with E-state index in [1.54, 1.807) is 11.3 Å². The molecule has 0 atom stereocenters. The van der Waals surface area contributed by atoms with E-state index >= 15 is 0 Å². The van der Waals surface area contributed by atoms with Crippen LogP contribution in [0.2, 0.25) is 0 Å². The minimum absolute atomic E-state index is 0.0662. The predicted octanol–water partition coefficient (Wildman–Crippen LogP) is 2.82. The predicted molar refractivity (Wildman–Crippen MR) is 108 cm³/mol. The summed E-state index contributed by atoms with van der Waals surface area (Å²) >= 11 is 3.02. The second-order valence-electron chi connectivity index (χ2n) is 6.22. The molecular formula is C18H22N4O2S2. The molecule has 3 aromatic heterocycles. The molecule has 0 bridgehead atoms. The van der Waals surface area contributed by atoms with Crippen molar-refractivity contribution in [2.24, 2.45) is 5.73 Å². The summed E-state index contributed by atoms with van der Waals surface area (Å²) in [7, 11) is 0. The van der Waals surface area contributed by atoms with Gasteiger partial charge in [-0.25, -0.2) is 4.98 Å². The number of carbonyl (C=O) groups is 1.